The molecule has 0 amide bonds. The zero-order valence-corrected chi connectivity index (χ0v) is 14.7. The molecule has 1 aromatic rings. The van der Waals surface area contributed by atoms with Crippen molar-refractivity contribution in [1.82, 2.24) is 15.6 Å². The van der Waals surface area contributed by atoms with E-state index in [2.05, 4.69) is 26.9 Å². The topological polar surface area (TPSA) is 49.3 Å². The minimum atomic E-state index is 0. The molecule has 0 radical (unpaired) electrons. The fourth-order valence-corrected chi connectivity index (χ4v) is 1.97. The second-order valence-corrected chi connectivity index (χ2v) is 4.86. The van der Waals surface area contributed by atoms with Gasteiger partial charge < -0.3 is 10.6 Å². The van der Waals surface area contributed by atoms with Gasteiger partial charge in [-0.1, -0.05) is 6.07 Å². The lowest BCUT2D eigenvalue weighted by molar-refractivity contribution is 0.729. The molecule has 0 spiro atoms. The average Bonchev–Trinajstić information content (AvgIpc) is 2.43. The Morgan fingerprint density at radius 2 is 2.16 bits per heavy atom. The first-order chi connectivity index (χ1) is 8.86. The Kier molecular flexibility index (Phi) is 12.2. The van der Waals surface area contributed by atoms with Gasteiger partial charge in [0.1, 0.15) is 0 Å². The highest BCUT2D eigenvalue weighted by Crippen LogP contribution is 1.97. The molecule has 2 N–H and O–H groups in total. The summed E-state index contributed by atoms with van der Waals surface area (Å²) < 4.78 is 0. The number of pyridine rings is 1. The predicted octanol–water partition coefficient (Wildman–Crippen LogP) is 2.51. The van der Waals surface area contributed by atoms with Crippen LogP contribution >= 0.6 is 35.7 Å². The summed E-state index contributed by atoms with van der Waals surface area (Å²) in [5.74, 6) is 2.06. The largest absolute Gasteiger partial charge is 0.356 e. The molecule has 4 nitrogen and oxygen atoms in total. The van der Waals surface area contributed by atoms with Gasteiger partial charge in [0.2, 0.25) is 0 Å². The van der Waals surface area contributed by atoms with Gasteiger partial charge in [-0.05, 0) is 37.0 Å². The number of guanidine groups is 1. The van der Waals surface area contributed by atoms with E-state index in [9.17, 15) is 0 Å². The highest BCUT2D eigenvalue weighted by molar-refractivity contribution is 14.0. The zero-order valence-electron chi connectivity index (χ0n) is 11.6. The van der Waals surface area contributed by atoms with Crippen LogP contribution in [-0.2, 0) is 6.54 Å². The van der Waals surface area contributed by atoms with E-state index in [1.807, 2.05) is 30.0 Å². The van der Waals surface area contributed by atoms with Gasteiger partial charge in [0.05, 0.1) is 12.2 Å². The molecular formula is C13H23IN4S. The van der Waals surface area contributed by atoms with Crippen molar-refractivity contribution < 1.29 is 0 Å². The lowest BCUT2D eigenvalue weighted by Crippen LogP contribution is -2.37. The third kappa shape index (κ3) is 9.10. The Balaban J connectivity index is 0.00000324. The van der Waals surface area contributed by atoms with Crippen LogP contribution in [0.25, 0.3) is 0 Å². The van der Waals surface area contributed by atoms with Crippen LogP contribution in [0.4, 0.5) is 0 Å². The molecule has 0 saturated heterocycles. The Bertz CT molecular complexity index is 346. The molecule has 0 saturated carbocycles. The third-order valence-electron chi connectivity index (χ3n) is 2.45. The molecule has 0 unspecified atom stereocenters. The Hall–Kier alpha value is -0.500. The van der Waals surface area contributed by atoms with Gasteiger partial charge in [0.25, 0.3) is 0 Å². The van der Waals surface area contributed by atoms with E-state index in [0.29, 0.717) is 6.54 Å². The summed E-state index contributed by atoms with van der Waals surface area (Å²) in [5, 5.41) is 6.55. The lowest BCUT2D eigenvalue weighted by Gasteiger charge is -2.11. The first-order valence-corrected chi connectivity index (χ1v) is 7.59. The smallest absolute Gasteiger partial charge is 0.191 e. The molecule has 0 aliphatic heterocycles. The number of hydrogen-bond donors (Lipinski definition) is 2. The van der Waals surface area contributed by atoms with E-state index in [4.69, 9.17) is 0 Å². The second-order valence-electron chi connectivity index (χ2n) is 3.87. The van der Waals surface area contributed by atoms with Crippen molar-refractivity contribution >= 4 is 41.7 Å². The van der Waals surface area contributed by atoms with Crippen LogP contribution in [0.5, 0.6) is 0 Å². The molecule has 0 aliphatic carbocycles. The molecule has 6 heteroatoms. The van der Waals surface area contributed by atoms with Crippen LogP contribution in [0.1, 0.15) is 18.5 Å². The monoisotopic (exact) mass is 394 g/mol. The normalized spacial score (nSPS) is 10.7. The zero-order chi connectivity index (χ0) is 13.1. The number of nitrogens with one attached hydrogen (secondary N) is 2. The molecule has 19 heavy (non-hydrogen) atoms. The van der Waals surface area contributed by atoms with Crippen molar-refractivity contribution in [3.05, 3.63) is 30.1 Å². The Morgan fingerprint density at radius 1 is 1.32 bits per heavy atom. The van der Waals surface area contributed by atoms with Crippen molar-refractivity contribution in [2.24, 2.45) is 4.99 Å². The highest BCUT2D eigenvalue weighted by Gasteiger charge is 1.97. The molecule has 0 bridgehead atoms. The fourth-order valence-electron chi connectivity index (χ4n) is 1.48. The molecule has 1 aromatic heterocycles. The first kappa shape index (κ1) is 18.5. The number of aliphatic imine (C=N–C) groups is 1. The van der Waals surface area contributed by atoms with E-state index in [1.54, 1.807) is 13.2 Å². The quantitative estimate of drug-likeness (QED) is 0.323. The second kappa shape index (κ2) is 12.5. The minimum absolute atomic E-state index is 0. The molecule has 108 valence electrons. The third-order valence-corrected chi connectivity index (χ3v) is 3.15. The van der Waals surface area contributed by atoms with Crippen molar-refractivity contribution in [2.45, 2.75) is 19.4 Å². The van der Waals surface area contributed by atoms with Gasteiger partial charge in [-0.15, -0.1) is 24.0 Å². The number of aromatic nitrogens is 1. The Morgan fingerprint density at radius 3 is 2.79 bits per heavy atom. The van der Waals surface area contributed by atoms with E-state index >= 15 is 0 Å². The molecule has 0 fully saturated rings. The molecule has 0 aromatic carbocycles. The average molecular weight is 394 g/mol. The number of rotatable bonds is 7. The van der Waals surface area contributed by atoms with Crippen molar-refractivity contribution in [3.8, 4) is 0 Å². The summed E-state index contributed by atoms with van der Waals surface area (Å²) in [6.07, 6.45) is 6.35. The fraction of sp³-hybridized carbons (Fsp3) is 0.538. The van der Waals surface area contributed by atoms with Crippen molar-refractivity contribution in [2.75, 3.05) is 25.6 Å². The van der Waals surface area contributed by atoms with Crippen LogP contribution < -0.4 is 10.6 Å². The lowest BCUT2D eigenvalue weighted by atomic mass is 10.3. The van der Waals surface area contributed by atoms with Crippen molar-refractivity contribution in [3.63, 3.8) is 0 Å². The van der Waals surface area contributed by atoms with E-state index in [1.165, 1.54) is 18.6 Å². The number of thioether (sulfide) groups is 1. The van der Waals surface area contributed by atoms with Gasteiger partial charge in [0, 0.05) is 19.8 Å². The number of hydrogen-bond acceptors (Lipinski definition) is 3. The van der Waals surface area contributed by atoms with Gasteiger partial charge in [-0.3, -0.25) is 9.98 Å². The van der Waals surface area contributed by atoms with E-state index in [0.717, 1.165) is 18.2 Å². The van der Waals surface area contributed by atoms with Gasteiger partial charge in [-0.2, -0.15) is 11.8 Å². The maximum atomic E-state index is 4.26. The summed E-state index contributed by atoms with van der Waals surface area (Å²) in [4.78, 5) is 8.44. The molecule has 0 aliphatic rings. The SMILES string of the molecule is CN=C(NCCCCSC)NCc1ccccn1.I. The summed E-state index contributed by atoms with van der Waals surface area (Å²) in [7, 11) is 1.79. The molecular weight excluding hydrogens is 371 g/mol. The van der Waals surface area contributed by atoms with E-state index in [-0.39, 0.29) is 24.0 Å². The van der Waals surface area contributed by atoms with Gasteiger partial charge in [0.15, 0.2) is 5.96 Å². The first-order valence-electron chi connectivity index (χ1n) is 6.20. The van der Waals surface area contributed by atoms with Crippen molar-refractivity contribution in [1.29, 1.82) is 0 Å². The van der Waals surface area contributed by atoms with Crippen LogP contribution in [0.3, 0.4) is 0 Å². The predicted molar refractivity (Wildman–Crippen MR) is 95.5 cm³/mol. The molecule has 0 atom stereocenters. The number of halogens is 1. The number of unbranched alkanes of at least 4 members (excludes halogenated alkanes) is 1. The maximum absolute atomic E-state index is 4.26. The number of nitrogens with zero attached hydrogens (tertiary/aromatic N) is 2. The summed E-state index contributed by atoms with van der Waals surface area (Å²) >= 11 is 1.89. The van der Waals surface area contributed by atoms with Gasteiger partial charge in [-0.25, -0.2) is 0 Å². The van der Waals surface area contributed by atoms with Crippen LogP contribution in [0.2, 0.25) is 0 Å². The molecule has 1 rings (SSSR count). The highest BCUT2D eigenvalue weighted by atomic mass is 127. The maximum Gasteiger partial charge on any atom is 0.191 e. The summed E-state index contributed by atoms with van der Waals surface area (Å²) in [6.45, 7) is 1.66. The Labute approximate surface area is 137 Å². The summed E-state index contributed by atoms with van der Waals surface area (Å²) in [6, 6.07) is 5.91. The van der Waals surface area contributed by atoms with Crippen LogP contribution in [0.15, 0.2) is 29.4 Å². The van der Waals surface area contributed by atoms with Crippen LogP contribution in [-0.4, -0.2) is 36.5 Å². The summed E-state index contributed by atoms with van der Waals surface area (Å²) in [5.41, 5.74) is 1.02. The van der Waals surface area contributed by atoms with Crippen LogP contribution in [0, 0.1) is 0 Å². The van der Waals surface area contributed by atoms with Gasteiger partial charge >= 0.3 is 0 Å². The standard InChI is InChI=1S/C13H22N4S.HI/c1-14-13(16-9-5-6-10-18-2)17-11-12-7-3-4-8-15-12;/h3-4,7-8H,5-6,9-11H2,1-2H3,(H2,14,16,17);1H. The minimum Gasteiger partial charge on any atom is -0.356 e. The van der Waals surface area contributed by atoms with E-state index < -0.39 is 0 Å². The molecule has 1 heterocycles.